The summed E-state index contributed by atoms with van der Waals surface area (Å²) in [5.74, 6) is 0.506. The first-order valence-electron chi connectivity index (χ1n) is 10.4. The molecule has 1 aliphatic rings. The van der Waals surface area contributed by atoms with E-state index in [1.54, 1.807) is 20.9 Å². The lowest BCUT2D eigenvalue weighted by Gasteiger charge is -2.33. The molecule has 0 amide bonds. The zero-order chi connectivity index (χ0) is 22.1. The van der Waals surface area contributed by atoms with E-state index in [1.807, 2.05) is 31.2 Å². The van der Waals surface area contributed by atoms with E-state index in [2.05, 4.69) is 19.9 Å². The molecule has 1 fully saturated rings. The summed E-state index contributed by atoms with van der Waals surface area (Å²) >= 11 is 0. The van der Waals surface area contributed by atoms with Gasteiger partial charge in [-0.05, 0) is 44.7 Å². The van der Waals surface area contributed by atoms with Gasteiger partial charge in [0.25, 0.3) is 0 Å². The molecule has 0 bridgehead atoms. The Labute approximate surface area is 203 Å². The molecule has 0 radical (unpaired) electrons. The number of sulfonamides is 1. The molecule has 31 heavy (non-hydrogen) atoms. The van der Waals surface area contributed by atoms with Crippen molar-refractivity contribution in [3.63, 3.8) is 0 Å². The smallest absolute Gasteiger partial charge is 0.309 e. The third kappa shape index (κ3) is 8.93. The zero-order valence-electron chi connectivity index (χ0n) is 18.8. The molecular weight excluding hydrogens is 531 g/mol. The number of hydrogen-bond acceptors (Lipinski definition) is 5. The molecule has 176 valence electrons. The van der Waals surface area contributed by atoms with Gasteiger partial charge < -0.3 is 15.0 Å². The summed E-state index contributed by atoms with van der Waals surface area (Å²) in [5.41, 5.74) is 1.67. The first kappa shape index (κ1) is 27.6. The van der Waals surface area contributed by atoms with Crippen LogP contribution < -0.4 is 10.0 Å². The second kappa shape index (κ2) is 13.2. The number of esters is 1. The molecular formula is C21H35IN4O4S. The largest absolute Gasteiger partial charge is 0.466 e. The number of carbonyl (C=O) groups excluding carboxylic acids is 1. The molecule has 1 aromatic carbocycles. The Kier molecular flexibility index (Phi) is 11.8. The molecule has 0 atom stereocenters. The van der Waals surface area contributed by atoms with Gasteiger partial charge in [-0.3, -0.25) is 9.79 Å². The van der Waals surface area contributed by atoms with Crippen LogP contribution in [0.15, 0.2) is 29.3 Å². The van der Waals surface area contributed by atoms with E-state index in [1.165, 1.54) is 0 Å². The first-order valence-corrected chi connectivity index (χ1v) is 12.1. The molecule has 1 saturated heterocycles. The molecule has 2 rings (SSSR count). The van der Waals surface area contributed by atoms with Crippen molar-refractivity contribution >= 4 is 45.9 Å². The summed E-state index contributed by atoms with van der Waals surface area (Å²) in [4.78, 5) is 18.4. The van der Waals surface area contributed by atoms with E-state index in [4.69, 9.17) is 4.74 Å². The Morgan fingerprint density at radius 2 is 1.84 bits per heavy atom. The Bertz CT molecular complexity index is 838. The first-order chi connectivity index (χ1) is 14.3. The quantitative estimate of drug-likeness (QED) is 0.217. The minimum Gasteiger partial charge on any atom is -0.466 e. The van der Waals surface area contributed by atoms with Crippen LogP contribution in [0.4, 0.5) is 0 Å². The maximum atomic E-state index is 12.3. The maximum absolute atomic E-state index is 12.3. The van der Waals surface area contributed by atoms with Gasteiger partial charge in [0.2, 0.25) is 10.0 Å². The van der Waals surface area contributed by atoms with Crippen molar-refractivity contribution in [2.45, 2.75) is 52.0 Å². The minimum atomic E-state index is -3.40. The third-order valence-corrected chi connectivity index (χ3v) is 6.46. The standard InChI is InChI=1S/C21H34N4O4S.HI/c1-5-29-20(26)17-10-12-25(13-11-17)21(22-4)23-14-18-8-6-7-9-19(18)15-30(27,28)24-16(2)3;/h6-9,16-17,24H,5,10-15H2,1-4H3,(H,22,23);1H. The molecule has 1 aliphatic heterocycles. The summed E-state index contributed by atoms with van der Waals surface area (Å²) in [6.07, 6.45) is 1.46. The Hall–Kier alpha value is -1.40. The molecule has 0 saturated carbocycles. The summed E-state index contributed by atoms with van der Waals surface area (Å²) < 4.78 is 32.4. The van der Waals surface area contributed by atoms with Crippen LogP contribution in [0, 0.1) is 5.92 Å². The van der Waals surface area contributed by atoms with E-state index >= 15 is 0 Å². The molecule has 0 unspecified atom stereocenters. The van der Waals surface area contributed by atoms with Crippen LogP contribution >= 0.6 is 24.0 Å². The molecule has 0 spiro atoms. The highest BCUT2D eigenvalue weighted by Gasteiger charge is 2.27. The Morgan fingerprint density at radius 3 is 2.39 bits per heavy atom. The number of hydrogen-bond donors (Lipinski definition) is 2. The molecule has 2 N–H and O–H groups in total. The lowest BCUT2D eigenvalue weighted by atomic mass is 9.97. The van der Waals surface area contributed by atoms with E-state index in [0.717, 1.165) is 43.0 Å². The van der Waals surface area contributed by atoms with Crippen molar-refractivity contribution in [2.24, 2.45) is 10.9 Å². The predicted octanol–water partition coefficient (Wildman–Crippen LogP) is 2.48. The summed E-state index contributed by atoms with van der Waals surface area (Å²) in [7, 11) is -1.68. The van der Waals surface area contributed by atoms with Crippen LogP contribution in [0.2, 0.25) is 0 Å². The lowest BCUT2D eigenvalue weighted by Crippen LogP contribution is -2.46. The highest BCUT2D eigenvalue weighted by molar-refractivity contribution is 14.0. The van der Waals surface area contributed by atoms with Crippen LogP contribution in [0.3, 0.4) is 0 Å². The number of guanidine groups is 1. The third-order valence-electron chi connectivity index (χ3n) is 4.94. The van der Waals surface area contributed by atoms with Gasteiger partial charge in [-0.2, -0.15) is 0 Å². The summed E-state index contributed by atoms with van der Waals surface area (Å²) in [6.45, 7) is 7.75. The second-order valence-electron chi connectivity index (χ2n) is 7.71. The van der Waals surface area contributed by atoms with Gasteiger partial charge in [-0.15, -0.1) is 24.0 Å². The number of nitrogens with one attached hydrogen (secondary N) is 2. The fourth-order valence-electron chi connectivity index (χ4n) is 3.57. The fourth-order valence-corrected chi connectivity index (χ4v) is 5.06. The van der Waals surface area contributed by atoms with Gasteiger partial charge in [0.1, 0.15) is 0 Å². The van der Waals surface area contributed by atoms with Gasteiger partial charge in [0.15, 0.2) is 5.96 Å². The van der Waals surface area contributed by atoms with Gasteiger partial charge in [0.05, 0.1) is 18.3 Å². The molecule has 1 heterocycles. The number of aliphatic imine (C=N–C) groups is 1. The number of piperidine rings is 1. The highest BCUT2D eigenvalue weighted by atomic mass is 127. The minimum absolute atomic E-state index is 0. The molecule has 8 nitrogen and oxygen atoms in total. The highest BCUT2D eigenvalue weighted by Crippen LogP contribution is 2.19. The van der Waals surface area contributed by atoms with Crippen LogP contribution in [0.25, 0.3) is 0 Å². The summed E-state index contributed by atoms with van der Waals surface area (Å²) in [5, 5.41) is 3.34. The van der Waals surface area contributed by atoms with Gasteiger partial charge >= 0.3 is 5.97 Å². The van der Waals surface area contributed by atoms with Crippen molar-refractivity contribution in [1.29, 1.82) is 0 Å². The number of nitrogens with zero attached hydrogens (tertiary/aromatic N) is 2. The number of ether oxygens (including phenoxy) is 1. The van der Waals surface area contributed by atoms with Gasteiger partial charge in [-0.25, -0.2) is 13.1 Å². The Balaban J connectivity index is 0.00000480. The van der Waals surface area contributed by atoms with Crippen molar-refractivity contribution in [3.05, 3.63) is 35.4 Å². The van der Waals surface area contributed by atoms with Gasteiger partial charge in [-0.1, -0.05) is 24.3 Å². The Morgan fingerprint density at radius 1 is 1.23 bits per heavy atom. The van der Waals surface area contributed by atoms with Crippen molar-refractivity contribution in [1.82, 2.24) is 14.9 Å². The average molecular weight is 567 g/mol. The molecule has 1 aromatic rings. The monoisotopic (exact) mass is 566 g/mol. The van der Waals surface area contributed by atoms with Crippen molar-refractivity contribution in [2.75, 3.05) is 26.7 Å². The van der Waals surface area contributed by atoms with Crippen molar-refractivity contribution in [3.8, 4) is 0 Å². The topological polar surface area (TPSA) is 100 Å². The van der Waals surface area contributed by atoms with E-state index in [-0.39, 0.29) is 47.7 Å². The molecule has 0 aliphatic carbocycles. The zero-order valence-corrected chi connectivity index (χ0v) is 21.9. The normalized spacial score (nSPS) is 15.5. The number of carbonyl (C=O) groups is 1. The van der Waals surface area contributed by atoms with E-state index in [0.29, 0.717) is 13.2 Å². The number of likely N-dealkylation sites (tertiary alicyclic amines) is 1. The van der Waals surface area contributed by atoms with Crippen molar-refractivity contribution < 1.29 is 17.9 Å². The lowest BCUT2D eigenvalue weighted by molar-refractivity contribution is -0.149. The van der Waals surface area contributed by atoms with Crippen LogP contribution in [-0.4, -0.2) is 58.0 Å². The predicted molar refractivity (Wildman–Crippen MR) is 134 cm³/mol. The van der Waals surface area contributed by atoms with Crippen LogP contribution in [-0.2, 0) is 31.9 Å². The SMILES string of the molecule is CCOC(=O)C1CCN(C(=NC)NCc2ccccc2CS(=O)(=O)NC(C)C)CC1.I. The molecule has 0 aromatic heterocycles. The van der Waals surface area contributed by atoms with Gasteiger partial charge in [0, 0.05) is 32.7 Å². The van der Waals surface area contributed by atoms with E-state index in [9.17, 15) is 13.2 Å². The van der Waals surface area contributed by atoms with Crippen LogP contribution in [0.1, 0.15) is 44.7 Å². The second-order valence-corrected chi connectivity index (χ2v) is 9.47. The van der Waals surface area contributed by atoms with E-state index < -0.39 is 10.0 Å². The number of halogens is 1. The number of benzene rings is 1. The average Bonchev–Trinajstić information content (AvgIpc) is 2.69. The van der Waals surface area contributed by atoms with Crippen LogP contribution in [0.5, 0.6) is 0 Å². The fraction of sp³-hybridized carbons (Fsp3) is 0.619. The molecule has 10 heteroatoms. The number of rotatable bonds is 8. The summed E-state index contributed by atoms with van der Waals surface area (Å²) in [6, 6.07) is 7.36. The maximum Gasteiger partial charge on any atom is 0.309 e.